The fraction of sp³-hybridized carbons (Fsp3) is 0.167. The van der Waals surface area contributed by atoms with Crippen molar-refractivity contribution in [2.24, 2.45) is 0 Å². The molecule has 1 aromatic heterocycles. The van der Waals surface area contributed by atoms with Crippen molar-refractivity contribution in [1.82, 2.24) is 9.36 Å². The Hall–Kier alpha value is -2.48. The molecule has 0 spiro atoms. The summed E-state index contributed by atoms with van der Waals surface area (Å²) in [4.78, 5) is 26.6. The molecule has 20 heavy (non-hydrogen) atoms. The van der Waals surface area contributed by atoms with E-state index in [2.05, 4.69) is 20.0 Å². The lowest BCUT2D eigenvalue weighted by Crippen LogP contribution is -2.20. The number of carbonyl (C=O) groups is 2. The van der Waals surface area contributed by atoms with E-state index in [1.807, 2.05) is 0 Å². The number of carbonyl (C=O) groups excluding carboxylic acids is 1. The van der Waals surface area contributed by atoms with Gasteiger partial charge in [-0.2, -0.15) is 4.37 Å². The number of aryl methyl sites for hydroxylation is 1. The van der Waals surface area contributed by atoms with Crippen LogP contribution < -0.4 is 10.6 Å². The molecule has 0 unspecified atom stereocenters. The zero-order valence-electron chi connectivity index (χ0n) is 10.6. The summed E-state index contributed by atoms with van der Waals surface area (Å²) < 4.78 is 3.94. The van der Waals surface area contributed by atoms with Gasteiger partial charge in [0.2, 0.25) is 5.13 Å². The summed E-state index contributed by atoms with van der Waals surface area (Å²) in [7, 11) is 0. The smallest absolute Gasteiger partial charge is 0.325 e. The molecule has 1 heterocycles. The van der Waals surface area contributed by atoms with Gasteiger partial charge < -0.3 is 10.4 Å². The van der Waals surface area contributed by atoms with E-state index in [1.54, 1.807) is 31.2 Å². The molecule has 0 fully saturated rings. The molecule has 0 aliphatic carbocycles. The molecule has 8 heteroatoms. The second kappa shape index (κ2) is 6.11. The van der Waals surface area contributed by atoms with Crippen LogP contribution in [0.5, 0.6) is 0 Å². The molecular formula is C12H12N4O3S. The number of aliphatic carboxylic acids is 1. The SMILES string of the molecule is Cc1nsc(NC(=O)Nc2ccccc2CC(=O)O)n1. The lowest BCUT2D eigenvalue weighted by atomic mass is 10.1. The third-order valence-corrected chi connectivity index (χ3v) is 3.08. The fourth-order valence-corrected chi connectivity index (χ4v) is 2.13. The molecule has 1 aromatic carbocycles. The number of hydrogen-bond acceptors (Lipinski definition) is 5. The highest BCUT2D eigenvalue weighted by Gasteiger charge is 2.10. The Kier molecular flexibility index (Phi) is 4.26. The van der Waals surface area contributed by atoms with Gasteiger partial charge >= 0.3 is 12.0 Å². The predicted octanol–water partition coefficient (Wildman–Crippen LogP) is 2.12. The number of carboxylic acid groups (broad SMARTS) is 1. The third-order valence-electron chi connectivity index (χ3n) is 2.36. The van der Waals surface area contributed by atoms with Gasteiger partial charge in [0.15, 0.2) is 0 Å². The Balaban J connectivity index is 2.05. The van der Waals surface area contributed by atoms with Gasteiger partial charge in [0.05, 0.1) is 6.42 Å². The minimum Gasteiger partial charge on any atom is -0.481 e. The van der Waals surface area contributed by atoms with E-state index in [9.17, 15) is 9.59 Å². The van der Waals surface area contributed by atoms with Crippen LogP contribution in [0.25, 0.3) is 0 Å². The first-order valence-corrected chi connectivity index (χ1v) is 6.50. The Morgan fingerprint density at radius 2 is 2.05 bits per heavy atom. The highest BCUT2D eigenvalue weighted by molar-refractivity contribution is 7.09. The van der Waals surface area contributed by atoms with Gasteiger partial charge in [0, 0.05) is 17.2 Å². The van der Waals surface area contributed by atoms with E-state index in [0.29, 0.717) is 22.2 Å². The summed E-state index contributed by atoms with van der Waals surface area (Å²) in [5, 5.41) is 14.3. The van der Waals surface area contributed by atoms with E-state index >= 15 is 0 Å². The zero-order chi connectivity index (χ0) is 14.5. The normalized spacial score (nSPS) is 10.1. The highest BCUT2D eigenvalue weighted by atomic mass is 32.1. The van der Waals surface area contributed by atoms with Crippen molar-refractivity contribution >= 4 is 34.4 Å². The summed E-state index contributed by atoms with van der Waals surface area (Å²) in [6.07, 6.45) is -0.158. The monoisotopic (exact) mass is 292 g/mol. The van der Waals surface area contributed by atoms with Gasteiger partial charge in [-0.05, 0) is 18.6 Å². The Morgan fingerprint density at radius 3 is 2.70 bits per heavy atom. The first-order chi connectivity index (χ1) is 9.54. The number of aromatic nitrogens is 2. The molecule has 2 aromatic rings. The second-order valence-electron chi connectivity index (χ2n) is 3.95. The third kappa shape index (κ3) is 3.75. The number of para-hydroxylation sites is 1. The second-order valence-corrected chi connectivity index (χ2v) is 4.71. The van der Waals surface area contributed by atoms with Gasteiger partial charge in [0.1, 0.15) is 5.82 Å². The molecule has 0 aliphatic rings. The van der Waals surface area contributed by atoms with E-state index in [4.69, 9.17) is 5.11 Å². The van der Waals surface area contributed by atoms with Crippen LogP contribution in [0.4, 0.5) is 15.6 Å². The molecule has 2 amide bonds. The molecule has 0 bridgehead atoms. The average Bonchev–Trinajstić information content (AvgIpc) is 2.76. The van der Waals surface area contributed by atoms with Crippen LogP contribution in [0.1, 0.15) is 11.4 Å². The summed E-state index contributed by atoms with van der Waals surface area (Å²) in [5.74, 6) is -0.379. The topological polar surface area (TPSA) is 104 Å². The number of carboxylic acids is 1. The minimum atomic E-state index is -0.959. The zero-order valence-corrected chi connectivity index (χ0v) is 11.4. The quantitative estimate of drug-likeness (QED) is 0.800. The molecule has 0 saturated carbocycles. The summed E-state index contributed by atoms with van der Waals surface area (Å²) >= 11 is 1.08. The van der Waals surface area contributed by atoms with Crippen LogP contribution in [0.15, 0.2) is 24.3 Å². The molecule has 104 valence electrons. The van der Waals surface area contributed by atoms with Gasteiger partial charge in [-0.1, -0.05) is 18.2 Å². The van der Waals surface area contributed by atoms with Crippen LogP contribution in [0.2, 0.25) is 0 Å². The molecule has 0 saturated heterocycles. The van der Waals surface area contributed by atoms with Crippen LogP contribution >= 0.6 is 11.5 Å². The van der Waals surface area contributed by atoms with E-state index in [1.165, 1.54) is 0 Å². The van der Waals surface area contributed by atoms with Crippen molar-refractivity contribution in [1.29, 1.82) is 0 Å². The summed E-state index contributed by atoms with van der Waals surface area (Å²) in [6.45, 7) is 1.72. The number of urea groups is 1. The number of hydrogen-bond donors (Lipinski definition) is 3. The van der Waals surface area contributed by atoms with Crippen LogP contribution in [0, 0.1) is 6.92 Å². The number of benzene rings is 1. The number of nitrogens with one attached hydrogen (secondary N) is 2. The van der Waals surface area contributed by atoms with Crippen molar-refractivity contribution in [3.05, 3.63) is 35.7 Å². The fourth-order valence-electron chi connectivity index (χ4n) is 1.56. The number of amides is 2. The first kappa shape index (κ1) is 13.9. The lowest BCUT2D eigenvalue weighted by Gasteiger charge is -2.09. The highest BCUT2D eigenvalue weighted by Crippen LogP contribution is 2.17. The van der Waals surface area contributed by atoms with Crippen LogP contribution in [-0.2, 0) is 11.2 Å². The standard InChI is InChI=1S/C12H12N4O3S/c1-7-13-12(20-16-7)15-11(19)14-9-5-3-2-4-8(9)6-10(17)18/h2-5H,6H2,1H3,(H,17,18)(H2,13,14,15,16,19). The summed E-state index contributed by atoms with van der Waals surface area (Å²) in [6, 6.07) is 6.24. The van der Waals surface area contributed by atoms with E-state index in [-0.39, 0.29) is 6.42 Å². The molecule has 0 atom stereocenters. The van der Waals surface area contributed by atoms with Crippen molar-refractivity contribution < 1.29 is 14.7 Å². The van der Waals surface area contributed by atoms with Gasteiger partial charge in [0.25, 0.3) is 0 Å². The predicted molar refractivity (Wildman–Crippen MR) is 75.1 cm³/mol. The van der Waals surface area contributed by atoms with Crippen molar-refractivity contribution in [2.45, 2.75) is 13.3 Å². The van der Waals surface area contributed by atoms with Crippen molar-refractivity contribution in [3.63, 3.8) is 0 Å². The van der Waals surface area contributed by atoms with E-state index < -0.39 is 12.0 Å². The molecule has 0 aliphatic heterocycles. The maximum absolute atomic E-state index is 11.8. The van der Waals surface area contributed by atoms with Crippen molar-refractivity contribution in [3.8, 4) is 0 Å². The van der Waals surface area contributed by atoms with Gasteiger partial charge in [-0.3, -0.25) is 10.1 Å². The van der Waals surface area contributed by atoms with Crippen LogP contribution in [0.3, 0.4) is 0 Å². The number of anilines is 2. The maximum Gasteiger partial charge on any atom is 0.325 e. The summed E-state index contributed by atoms with van der Waals surface area (Å²) in [5.41, 5.74) is 0.984. The lowest BCUT2D eigenvalue weighted by molar-refractivity contribution is -0.136. The van der Waals surface area contributed by atoms with E-state index in [0.717, 1.165) is 11.5 Å². The Labute approximate surface area is 118 Å². The van der Waals surface area contributed by atoms with Gasteiger partial charge in [-0.15, -0.1) is 0 Å². The van der Waals surface area contributed by atoms with Gasteiger partial charge in [-0.25, -0.2) is 9.78 Å². The Bertz CT molecular complexity index is 641. The first-order valence-electron chi connectivity index (χ1n) is 5.72. The van der Waals surface area contributed by atoms with Crippen LogP contribution in [-0.4, -0.2) is 26.5 Å². The minimum absolute atomic E-state index is 0.158. The molecule has 7 nitrogen and oxygen atoms in total. The molecular weight excluding hydrogens is 280 g/mol. The van der Waals surface area contributed by atoms with Crippen molar-refractivity contribution in [2.75, 3.05) is 10.6 Å². The largest absolute Gasteiger partial charge is 0.481 e. The average molecular weight is 292 g/mol. The number of rotatable bonds is 4. The number of nitrogens with zero attached hydrogens (tertiary/aromatic N) is 2. The molecule has 3 N–H and O–H groups in total. The maximum atomic E-state index is 11.8. The Morgan fingerprint density at radius 1 is 1.30 bits per heavy atom. The molecule has 0 radical (unpaired) electrons. The molecule has 2 rings (SSSR count).